The number of carbonyl (C=O) groups is 4. The molecular weight excluding hydrogens is 318 g/mol. The Labute approximate surface area is 141 Å². The number of rotatable bonds is 11. The van der Waals surface area contributed by atoms with Crippen LogP contribution in [0.2, 0.25) is 0 Å². The van der Waals surface area contributed by atoms with E-state index in [1.165, 1.54) is 14.0 Å². The van der Waals surface area contributed by atoms with Crippen LogP contribution in [-0.4, -0.2) is 61.6 Å². The molecule has 0 aliphatic heterocycles. The summed E-state index contributed by atoms with van der Waals surface area (Å²) < 4.78 is 9.50. The van der Waals surface area contributed by atoms with Crippen LogP contribution in [0.3, 0.4) is 0 Å². The van der Waals surface area contributed by atoms with Crippen LogP contribution in [0.1, 0.15) is 39.5 Å². The van der Waals surface area contributed by atoms with E-state index >= 15 is 0 Å². The zero-order valence-electron chi connectivity index (χ0n) is 14.5. The summed E-state index contributed by atoms with van der Waals surface area (Å²) in [7, 11) is 1.18. The van der Waals surface area contributed by atoms with Gasteiger partial charge in [-0.1, -0.05) is 26.2 Å². The van der Waals surface area contributed by atoms with E-state index in [-0.39, 0.29) is 6.61 Å². The summed E-state index contributed by atoms with van der Waals surface area (Å²) in [5.41, 5.74) is 5.07. The molecule has 3 amide bonds. The van der Waals surface area contributed by atoms with Crippen molar-refractivity contribution >= 4 is 23.9 Å². The third-order valence-corrected chi connectivity index (χ3v) is 3.11. The number of nitrogens with one attached hydrogen (secondary N) is 1. The van der Waals surface area contributed by atoms with Crippen LogP contribution in [0.4, 0.5) is 4.79 Å². The van der Waals surface area contributed by atoms with Crippen molar-refractivity contribution in [3.05, 3.63) is 0 Å². The van der Waals surface area contributed by atoms with Gasteiger partial charge in [0.15, 0.2) is 0 Å². The molecule has 0 aromatic heterocycles. The standard InChI is InChI=1S/C15H27N3O6/c1-4-5-6-7-8-24-13(20)10-18(9-12(16)19)15(22)17-11(2)14(21)23-3/h11H,4-10H2,1-3H3,(H2,16,19)(H,17,22)/t11-/m0/s1. The van der Waals surface area contributed by atoms with E-state index in [1.54, 1.807) is 0 Å². The number of carbonyl (C=O) groups excluding carboxylic acids is 4. The molecule has 0 aromatic carbocycles. The van der Waals surface area contributed by atoms with Gasteiger partial charge in [-0.3, -0.25) is 9.59 Å². The second-order valence-corrected chi connectivity index (χ2v) is 5.30. The highest BCUT2D eigenvalue weighted by molar-refractivity contribution is 5.88. The molecule has 0 saturated heterocycles. The number of unbranched alkanes of at least 4 members (excludes halogenated alkanes) is 3. The summed E-state index contributed by atoms with van der Waals surface area (Å²) in [6.45, 7) is 2.84. The van der Waals surface area contributed by atoms with E-state index in [2.05, 4.69) is 17.0 Å². The van der Waals surface area contributed by atoms with Crippen molar-refractivity contribution in [2.24, 2.45) is 5.73 Å². The van der Waals surface area contributed by atoms with E-state index in [0.717, 1.165) is 30.6 Å². The Hall–Kier alpha value is -2.32. The number of esters is 2. The maximum absolute atomic E-state index is 12.1. The van der Waals surface area contributed by atoms with Gasteiger partial charge in [0, 0.05) is 0 Å². The topological polar surface area (TPSA) is 128 Å². The number of urea groups is 1. The summed E-state index contributed by atoms with van der Waals surface area (Å²) in [4.78, 5) is 47.1. The Kier molecular flexibility index (Phi) is 11.0. The summed E-state index contributed by atoms with van der Waals surface area (Å²) in [6, 6.07) is -1.71. The lowest BCUT2D eigenvalue weighted by Gasteiger charge is -2.22. The minimum absolute atomic E-state index is 0.253. The Bertz CT molecular complexity index is 441. The van der Waals surface area contributed by atoms with Gasteiger partial charge in [0.1, 0.15) is 19.1 Å². The molecule has 0 aromatic rings. The number of primary amides is 1. The number of methoxy groups -OCH3 is 1. The number of hydrogen-bond donors (Lipinski definition) is 2. The van der Waals surface area contributed by atoms with E-state index in [9.17, 15) is 19.2 Å². The fraction of sp³-hybridized carbons (Fsp3) is 0.733. The van der Waals surface area contributed by atoms with Crippen LogP contribution in [0.15, 0.2) is 0 Å². The van der Waals surface area contributed by atoms with Gasteiger partial charge < -0.3 is 25.4 Å². The molecular formula is C15H27N3O6. The average Bonchev–Trinajstić information content (AvgIpc) is 2.52. The monoisotopic (exact) mass is 345 g/mol. The number of nitrogens with zero attached hydrogens (tertiary/aromatic N) is 1. The van der Waals surface area contributed by atoms with E-state index < -0.39 is 43.0 Å². The minimum atomic E-state index is -0.928. The van der Waals surface area contributed by atoms with Gasteiger partial charge in [-0.2, -0.15) is 0 Å². The first-order valence-electron chi connectivity index (χ1n) is 7.89. The zero-order chi connectivity index (χ0) is 18.5. The van der Waals surface area contributed by atoms with E-state index in [0.29, 0.717) is 0 Å². The van der Waals surface area contributed by atoms with Crippen molar-refractivity contribution in [2.75, 3.05) is 26.8 Å². The first-order valence-corrected chi connectivity index (χ1v) is 7.89. The molecule has 0 spiro atoms. The molecule has 1 atom stereocenters. The van der Waals surface area contributed by atoms with Crippen molar-refractivity contribution < 1.29 is 28.7 Å². The van der Waals surface area contributed by atoms with Crippen LogP contribution >= 0.6 is 0 Å². The molecule has 3 N–H and O–H groups in total. The molecule has 0 heterocycles. The van der Waals surface area contributed by atoms with Crippen molar-refractivity contribution in [1.29, 1.82) is 0 Å². The smallest absolute Gasteiger partial charge is 0.328 e. The molecule has 0 saturated carbocycles. The number of ether oxygens (including phenoxy) is 2. The van der Waals surface area contributed by atoms with Gasteiger partial charge in [-0.15, -0.1) is 0 Å². The van der Waals surface area contributed by atoms with E-state index in [4.69, 9.17) is 10.5 Å². The highest BCUT2D eigenvalue weighted by Crippen LogP contribution is 2.00. The van der Waals surface area contributed by atoms with Gasteiger partial charge in [-0.05, 0) is 13.3 Å². The van der Waals surface area contributed by atoms with Gasteiger partial charge in [0.2, 0.25) is 5.91 Å². The third kappa shape index (κ3) is 9.65. The first-order chi connectivity index (χ1) is 11.3. The van der Waals surface area contributed by atoms with Crippen LogP contribution in [-0.2, 0) is 23.9 Å². The molecule has 0 aliphatic rings. The van der Waals surface area contributed by atoms with Gasteiger partial charge in [-0.25, -0.2) is 9.59 Å². The molecule has 0 fully saturated rings. The minimum Gasteiger partial charge on any atom is -0.467 e. The summed E-state index contributed by atoms with van der Waals surface area (Å²) >= 11 is 0. The fourth-order valence-corrected chi connectivity index (χ4v) is 1.82. The fourth-order valence-electron chi connectivity index (χ4n) is 1.82. The maximum Gasteiger partial charge on any atom is 0.328 e. The highest BCUT2D eigenvalue weighted by Gasteiger charge is 2.23. The van der Waals surface area contributed by atoms with E-state index in [1.807, 2.05) is 0 Å². The molecule has 24 heavy (non-hydrogen) atoms. The summed E-state index contributed by atoms with van der Waals surface area (Å²) in [5, 5.41) is 2.32. The average molecular weight is 345 g/mol. The number of hydrogen-bond acceptors (Lipinski definition) is 6. The SMILES string of the molecule is CCCCCCOC(=O)CN(CC(N)=O)C(=O)N[C@@H](C)C(=O)OC. The van der Waals surface area contributed by atoms with Crippen molar-refractivity contribution in [3.8, 4) is 0 Å². The molecule has 138 valence electrons. The largest absolute Gasteiger partial charge is 0.467 e. The zero-order valence-corrected chi connectivity index (χ0v) is 14.5. The number of amides is 3. The molecule has 9 nitrogen and oxygen atoms in total. The van der Waals surface area contributed by atoms with Crippen molar-refractivity contribution in [3.63, 3.8) is 0 Å². The summed E-state index contributed by atoms with van der Waals surface area (Å²) in [5.74, 6) is -2.08. The number of nitrogens with two attached hydrogens (primary N) is 1. The Morgan fingerprint density at radius 3 is 2.33 bits per heavy atom. The normalized spacial score (nSPS) is 11.3. The quantitative estimate of drug-likeness (QED) is 0.406. The Balaban J connectivity index is 4.48. The van der Waals surface area contributed by atoms with Crippen molar-refractivity contribution in [1.82, 2.24) is 10.2 Å². The predicted octanol–water partition coefficient (Wildman–Crippen LogP) is 0.168. The maximum atomic E-state index is 12.1. The van der Waals surface area contributed by atoms with Crippen LogP contribution < -0.4 is 11.1 Å². The second-order valence-electron chi connectivity index (χ2n) is 5.30. The Morgan fingerprint density at radius 1 is 1.12 bits per heavy atom. The van der Waals surface area contributed by atoms with Crippen LogP contribution in [0.25, 0.3) is 0 Å². The lowest BCUT2D eigenvalue weighted by molar-refractivity contribution is -0.144. The molecule has 0 rings (SSSR count). The van der Waals surface area contributed by atoms with Crippen LogP contribution in [0, 0.1) is 0 Å². The molecule has 0 unspecified atom stereocenters. The van der Waals surface area contributed by atoms with Gasteiger partial charge in [0.05, 0.1) is 13.7 Å². The lowest BCUT2D eigenvalue weighted by Crippen LogP contribution is -2.51. The molecule has 0 bridgehead atoms. The lowest BCUT2D eigenvalue weighted by atomic mass is 10.2. The molecule has 9 heteroatoms. The summed E-state index contributed by atoms with van der Waals surface area (Å²) in [6.07, 6.45) is 3.81. The third-order valence-electron chi connectivity index (χ3n) is 3.11. The second kappa shape index (κ2) is 12.1. The van der Waals surface area contributed by atoms with Gasteiger partial charge in [0.25, 0.3) is 0 Å². The Morgan fingerprint density at radius 2 is 1.79 bits per heavy atom. The van der Waals surface area contributed by atoms with Crippen molar-refractivity contribution in [2.45, 2.75) is 45.6 Å². The molecule has 0 radical (unpaired) electrons. The van der Waals surface area contributed by atoms with Gasteiger partial charge >= 0.3 is 18.0 Å². The predicted molar refractivity (Wildman–Crippen MR) is 85.9 cm³/mol. The molecule has 0 aliphatic carbocycles. The van der Waals surface area contributed by atoms with Crippen LogP contribution in [0.5, 0.6) is 0 Å². The first kappa shape index (κ1) is 21.7. The highest BCUT2D eigenvalue weighted by atomic mass is 16.5.